The van der Waals surface area contributed by atoms with E-state index in [2.05, 4.69) is 32.7 Å². The summed E-state index contributed by atoms with van der Waals surface area (Å²) < 4.78 is 5.68. The highest BCUT2D eigenvalue weighted by Gasteiger charge is 2.26. The summed E-state index contributed by atoms with van der Waals surface area (Å²) in [6, 6.07) is 0.730. The molecule has 0 radical (unpaired) electrons. The topological polar surface area (TPSA) is 12.5 Å². The Labute approximate surface area is 75.9 Å². The highest BCUT2D eigenvalue weighted by molar-refractivity contribution is 4.78. The Bertz CT molecular complexity index is 128. The Kier molecular flexibility index (Phi) is 3.53. The molecule has 0 aromatic rings. The van der Waals surface area contributed by atoms with Crippen LogP contribution in [0.3, 0.4) is 0 Å². The third kappa shape index (κ3) is 2.46. The van der Waals surface area contributed by atoms with Crippen LogP contribution < -0.4 is 0 Å². The van der Waals surface area contributed by atoms with E-state index in [-0.39, 0.29) is 0 Å². The first-order valence-corrected chi connectivity index (χ1v) is 4.99. The van der Waals surface area contributed by atoms with E-state index < -0.39 is 0 Å². The van der Waals surface area contributed by atoms with Crippen molar-refractivity contribution < 1.29 is 4.74 Å². The molecule has 0 amide bonds. The van der Waals surface area contributed by atoms with E-state index in [1.807, 2.05) is 0 Å². The lowest BCUT2D eigenvalue weighted by atomic mass is 9.99. The maximum absolute atomic E-state index is 5.68. The van der Waals surface area contributed by atoms with Crippen LogP contribution >= 0.6 is 0 Å². The van der Waals surface area contributed by atoms with E-state index in [0.29, 0.717) is 12.2 Å². The maximum Gasteiger partial charge on any atom is 0.0565 e. The van der Waals surface area contributed by atoms with Gasteiger partial charge in [-0.05, 0) is 40.3 Å². The molecule has 0 N–H and O–H groups in total. The molecular weight excluding hydrogens is 150 g/mol. The molecule has 2 heteroatoms. The number of hydrogen-bond donors (Lipinski definition) is 0. The zero-order valence-corrected chi connectivity index (χ0v) is 8.71. The fourth-order valence-corrected chi connectivity index (χ4v) is 1.99. The molecule has 1 fully saturated rings. The van der Waals surface area contributed by atoms with Crippen LogP contribution in [0.15, 0.2) is 0 Å². The summed E-state index contributed by atoms with van der Waals surface area (Å²) >= 11 is 0. The van der Waals surface area contributed by atoms with E-state index in [1.165, 1.54) is 12.8 Å². The van der Waals surface area contributed by atoms with Gasteiger partial charge in [0.2, 0.25) is 0 Å². The van der Waals surface area contributed by atoms with Gasteiger partial charge in [0.1, 0.15) is 0 Å². The molecule has 0 aliphatic carbocycles. The molecular formula is C10H21NO. The van der Waals surface area contributed by atoms with E-state index in [0.717, 1.165) is 12.6 Å². The minimum Gasteiger partial charge on any atom is -0.375 e. The van der Waals surface area contributed by atoms with Crippen molar-refractivity contribution in [2.45, 2.75) is 51.9 Å². The summed E-state index contributed by atoms with van der Waals surface area (Å²) in [5.74, 6) is 0. The van der Waals surface area contributed by atoms with Crippen LogP contribution in [0.1, 0.15) is 33.6 Å². The van der Waals surface area contributed by atoms with Crippen molar-refractivity contribution in [2.24, 2.45) is 0 Å². The van der Waals surface area contributed by atoms with Gasteiger partial charge in [0.15, 0.2) is 0 Å². The Morgan fingerprint density at radius 3 is 2.17 bits per heavy atom. The summed E-state index contributed by atoms with van der Waals surface area (Å²) in [6.07, 6.45) is 3.25. The maximum atomic E-state index is 5.68. The Balaban J connectivity index is 2.43. The molecule has 2 atom stereocenters. The number of rotatable bonds is 2. The molecule has 12 heavy (non-hydrogen) atoms. The normalized spacial score (nSPS) is 37.2. The van der Waals surface area contributed by atoms with Gasteiger partial charge in [-0.25, -0.2) is 0 Å². The predicted molar refractivity (Wildman–Crippen MR) is 51.3 cm³/mol. The van der Waals surface area contributed by atoms with E-state index in [4.69, 9.17) is 4.74 Å². The van der Waals surface area contributed by atoms with Crippen LogP contribution in [-0.2, 0) is 4.74 Å². The van der Waals surface area contributed by atoms with Gasteiger partial charge in [-0.3, -0.25) is 0 Å². The highest BCUT2D eigenvalue weighted by atomic mass is 16.5. The Hall–Kier alpha value is -0.0800. The average Bonchev–Trinajstić information content (AvgIpc) is 2.01. The summed E-state index contributed by atoms with van der Waals surface area (Å²) in [5.41, 5.74) is 0. The van der Waals surface area contributed by atoms with E-state index in [1.54, 1.807) is 0 Å². The summed E-state index contributed by atoms with van der Waals surface area (Å²) in [5, 5.41) is 0. The van der Waals surface area contributed by atoms with E-state index in [9.17, 15) is 0 Å². The molecule has 0 bridgehead atoms. The molecule has 1 heterocycles. The Morgan fingerprint density at radius 1 is 1.25 bits per heavy atom. The highest BCUT2D eigenvalue weighted by Crippen LogP contribution is 2.22. The number of hydrogen-bond acceptors (Lipinski definition) is 2. The lowest BCUT2D eigenvalue weighted by molar-refractivity contribution is -0.0605. The van der Waals surface area contributed by atoms with Crippen molar-refractivity contribution in [3.05, 3.63) is 0 Å². The van der Waals surface area contributed by atoms with Crippen molar-refractivity contribution in [1.29, 1.82) is 0 Å². The third-order valence-corrected chi connectivity index (χ3v) is 2.79. The van der Waals surface area contributed by atoms with Crippen molar-refractivity contribution in [3.8, 4) is 0 Å². The average molecular weight is 171 g/mol. The fraction of sp³-hybridized carbons (Fsp3) is 1.00. The van der Waals surface area contributed by atoms with Crippen molar-refractivity contribution in [1.82, 2.24) is 4.90 Å². The Morgan fingerprint density at radius 2 is 1.75 bits per heavy atom. The van der Waals surface area contributed by atoms with Gasteiger partial charge in [-0.1, -0.05) is 6.92 Å². The minimum atomic E-state index is 0.438. The van der Waals surface area contributed by atoms with Crippen LogP contribution in [0.25, 0.3) is 0 Å². The summed E-state index contributed by atoms with van der Waals surface area (Å²) in [4.78, 5) is 2.43. The molecule has 0 saturated carbocycles. The lowest BCUT2D eigenvalue weighted by Crippen LogP contribution is -2.42. The predicted octanol–water partition coefficient (Wildman–Crippen LogP) is 1.89. The molecule has 1 aliphatic heterocycles. The largest absolute Gasteiger partial charge is 0.375 e. The number of nitrogens with zero attached hydrogens (tertiary/aromatic N) is 1. The van der Waals surface area contributed by atoms with E-state index >= 15 is 0 Å². The first-order valence-electron chi connectivity index (χ1n) is 4.99. The monoisotopic (exact) mass is 171 g/mol. The standard InChI is InChI=1S/C10H21NO/c1-5-11(4)10-6-8(2)12-9(3)7-10/h8-10H,5-7H2,1-4H3. The van der Waals surface area contributed by atoms with Crippen molar-refractivity contribution in [3.63, 3.8) is 0 Å². The van der Waals surface area contributed by atoms with Gasteiger partial charge in [-0.2, -0.15) is 0 Å². The van der Waals surface area contributed by atoms with Gasteiger partial charge in [-0.15, -0.1) is 0 Å². The smallest absolute Gasteiger partial charge is 0.0565 e. The second kappa shape index (κ2) is 4.24. The summed E-state index contributed by atoms with van der Waals surface area (Å²) in [7, 11) is 2.20. The summed E-state index contributed by atoms with van der Waals surface area (Å²) in [6.45, 7) is 7.70. The molecule has 1 rings (SSSR count). The first kappa shape index (κ1) is 10.0. The van der Waals surface area contributed by atoms with Gasteiger partial charge in [0.25, 0.3) is 0 Å². The molecule has 2 unspecified atom stereocenters. The zero-order valence-electron chi connectivity index (χ0n) is 8.71. The molecule has 0 aromatic carbocycles. The second-order valence-corrected chi connectivity index (χ2v) is 3.96. The molecule has 72 valence electrons. The van der Waals surface area contributed by atoms with Crippen LogP contribution in [-0.4, -0.2) is 36.7 Å². The molecule has 1 saturated heterocycles. The van der Waals surface area contributed by atoms with Crippen LogP contribution in [0, 0.1) is 0 Å². The third-order valence-electron chi connectivity index (χ3n) is 2.79. The van der Waals surface area contributed by atoms with Crippen LogP contribution in [0.4, 0.5) is 0 Å². The minimum absolute atomic E-state index is 0.438. The van der Waals surface area contributed by atoms with Crippen molar-refractivity contribution >= 4 is 0 Å². The fourth-order valence-electron chi connectivity index (χ4n) is 1.99. The lowest BCUT2D eigenvalue weighted by Gasteiger charge is -2.37. The SMILES string of the molecule is CCN(C)C1CC(C)OC(C)C1. The molecule has 0 aromatic heterocycles. The first-order chi connectivity index (χ1) is 5.63. The molecule has 1 aliphatic rings. The van der Waals surface area contributed by atoms with Crippen molar-refractivity contribution in [2.75, 3.05) is 13.6 Å². The van der Waals surface area contributed by atoms with Gasteiger partial charge < -0.3 is 9.64 Å². The molecule has 2 nitrogen and oxygen atoms in total. The zero-order chi connectivity index (χ0) is 9.14. The van der Waals surface area contributed by atoms with Crippen LogP contribution in [0.5, 0.6) is 0 Å². The van der Waals surface area contributed by atoms with Gasteiger partial charge >= 0.3 is 0 Å². The second-order valence-electron chi connectivity index (χ2n) is 3.96. The van der Waals surface area contributed by atoms with Gasteiger partial charge in [0.05, 0.1) is 12.2 Å². The number of ether oxygens (including phenoxy) is 1. The quantitative estimate of drug-likeness (QED) is 0.629. The van der Waals surface area contributed by atoms with Crippen LogP contribution in [0.2, 0.25) is 0 Å². The van der Waals surface area contributed by atoms with Gasteiger partial charge in [0, 0.05) is 6.04 Å². The molecule has 0 spiro atoms.